The molecule has 104 valence electrons. The minimum atomic E-state index is -0.266. The predicted molar refractivity (Wildman–Crippen MR) is 79.2 cm³/mol. The molecule has 1 saturated carbocycles. The van der Waals surface area contributed by atoms with Crippen LogP contribution in [0.4, 0.5) is 5.69 Å². The number of para-hydroxylation sites is 1. The Labute approximate surface area is 121 Å². The van der Waals surface area contributed by atoms with Crippen molar-refractivity contribution in [3.63, 3.8) is 0 Å². The first-order chi connectivity index (χ1) is 9.78. The van der Waals surface area contributed by atoms with Crippen molar-refractivity contribution in [3.8, 4) is 0 Å². The van der Waals surface area contributed by atoms with Gasteiger partial charge < -0.3 is 5.32 Å². The number of rotatable bonds is 5. The van der Waals surface area contributed by atoms with Gasteiger partial charge in [0.1, 0.15) is 5.82 Å². The summed E-state index contributed by atoms with van der Waals surface area (Å²) in [5.41, 5.74) is 0.808. The highest BCUT2D eigenvalue weighted by Crippen LogP contribution is 2.37. The number of aromatic amines is 1. The zero-order valence-electron chi connectivity index (χ0n) is 11.2. The number of carbonyl (C=O) groups is 1. The van der Waals surface area contributed by atoms with Gasteiger partial charge in [-0.15, -0.1) is 16.9 Å². The fraction of sp³-hybridized carbons (Fsp3) is 0.357. The summed E-state index contributed by atoms with van der Waals surface area (Å²) in [6.07, 6.45) is 2.26. The van der Waals surface area contributed by atoms with E-state index in [2.05, 4.69) is 27.4 Å². The summed E-state index contributed by atoms with van der Waals surface area (Å²) in [5.74, 6) is 2.19. The second kappa shape index (κ2) is 5.66. The lowest BCUT2D eigenvalue weighted by Gasteiger charge is -2.08. The van der Waals surface area contributed by atoms with E-state index in [0.717, 1.165) is 35.0 Å². The number of anilines is 1. The maximum absolute atomic E-state index is 12.2. The van der Waals surface area contributed by atoms with E-state index in [1.165, 1.54) is 0 Å². The SMILES string of the molecule is CCSc1ccccc1NC(=O)c1n[nH]c(C2CC2)n1. The number of H-pyrrole nitrogens is 1. The maximum atomic E-state index is 12.2. The molecule has 0 unspecified atom stereocenters. The Kier molecular flexibility index (Phi) is 3.73. The number of aromatic nitrogens is 3. The molecule has 0 atom stereocenters. The quantitative estimate of drug-likeness (QED) is 0.830. The van der Waals surface area contributed by atoms with Gasteiger partial charge in [-0.1, -0.05) is 19.1 Å². The van der Waals surface area contributed by atoms with Crippen molar-refractivity contribution in [1.29, 1.82) is 0 Å². The van der Waals surface area contributed by atoms with E-state index >= 15 is 0 Å². The summed E-state index contributed by atoms with van der Waals surface area (Å²) in [5, 5.41) is 9.72. The molecule has 20 heavy (non-hydrogen) atoms. The minimum Gasteiger partial charge on any atom is -0.318 e. The molecule has 1 fully saturated rings. The van der Waals surface area contributed by atoms with Gasteiger partial charge in [0.25, 0.3) is 5.91 Å². The molecule has 5 nitrogen and oxygen atoms in total. The zero-order valence-corrected chi connectivity index (χ0v) is 12.0. The zero-order chi connectivity index (χ0) is 13.9. The van der Waals surface area contributed by atoms with E-state index in [4.69, 9.17) is 0 Å². The lowest BCUT2D eigenvalue weighted by molar-refractivity contribution is 0.101. The molecule has 6 heteroatoms. The highest BCUT2D eigenvalue weighted by Gasteiger charge is 2.28. The van der Waals surface area contributed by atoms with Crippen LogP contribution in [0.1, 0.15) is 42.1 Å². The Morgan fingerprint density at radius 3 is 3.00 bits per heavy atom. The van der Waals surface area contributed by atoms with Crippen LogP contribution >= 0.6 is 11.8 Å². The van der Waals surface area contributed by atoms with E-state index in [1.54, 1.807) is 11.8 Å². The summed E-state index contributed by atoms with van der Waals surface area (Å²) in [6, 6.07) is 7.76. The molecule has 0 radical (unpaired) electrons. The van der Waals surface area contributed by atoms with Crippen LogP contribution in [0.25, 0.3) is 0 Å². The number of hydrogen-bond acceptors (Lipinski definition) is 4. The second-order valence-electron chi connectivity index (χ2n) is 4.70. The number of carbonyl (C=O) groups excluding carboxylic acids is 1. The molecule has 1 heterocycles. The largest absolute Gasteiger partial charge is 0.318 e. The van der Waals surface area contributed by atoms with E-state index in [0.29, 0.717) is 5.92 Å². The Morgan fingerprint density at radius 2 is 2.25 bits per heavy atom. The van der Waals surface area contributed by atoms with E-state index in [-0.39, 0.29) is 11.7 Å². The van der Waals surface area contributed by atoms with Crippen molar-refractivity contribution in [2.24, 2.45) is 0 Å². The fourth-order valence-corrected chi connectivity index (χ4v) is 2.71. The van der Waals surface area contributed by atoms with Crippen molar-refractivity contribution in [2.45, 2.75) is 30.6 Å². The first-order valence-electron chi connectivity index (χ1n) is 6.73. The van der Waals surface area contributed by atoms with Crippen molar-refractivity contribution < 1.29 is 4.79 Å². The van der Waals surface area contributed by atoms with Crippen LogP contribution in [-0.4, -0.2) is 26.8 Å². The topological polar surface area (TPSA) is 70.7 Å². The van der Waals surface area contributed by atoms with Gasteiger partial charge in [0.2, 0.25) is 5.82 Å². The lowest BCUT2D eigenvalue weighted by atomic mass is 10.3. The van der Waals surface area contributed by atoms with Crippen LogP contribution < -0.4 is 5.32 Å². The van der Waals surface area contributed by atoms with Crippen molar-refractivity contribution in [2.75, 3.05) is 11.1 Å². The first kappa shape index (κ1) is 13.2. The standard InChI is InChI=1S/C14H16N4OS/c1-2-20-11-6-4-3-5-10(11)15-14(19)13-16-12(17-18-13)9-7-8-9/h3-6,9H,2,7-8H2,1H3,(H,15,19)(H,16,17,18). The van der Waals surface area contributed by atoms with Crippen molar-refractivity contribution in [3.05, 3.63) is 35.9 Å². The average molecular weight is 288 g/mol. The van der Waals surface area contributed by atoms with Crippen LogP contribution in [0.3, 0.4) is 0 Å². The van der Waals surface area contributed by atoms with Crippen LogP contribution in [0.2, 0.25) is 0 Å². The summed E-state index contributed by atoms with van der Waals surface area (Å²) >= 11 is 1.70. The third-order valence-corrected chi connectivity index (χ3v) is 4.06. The van der Waals surface area contributed by atoms with Gasteiger partial charge in [-0.25, -0.2) is 4.98 Å². The molecule has 0 aliphatic heterocycles. The predicted octanol–water partition coefficient (Wildman–Crippen LogP) is 3.05. The number of hydrogen-bond donors (Lipinski definition) is 2. The lowest BCUT2D eigenvalue weighted by Crippen LogP contribution is -2.14. The maximum Gasteiger partial charge on any atom is 0.295 e. The number of amides is 1. The van der Waals surface area contributed by atoms with Crippen LogP contribution in [-0.2, 0) is 0 Å². The summed E-state index contributed by atoms with van der Waals surface area (Å²) in [7, 11) is 0. The highest BCUT2D eigenvalue weighted by molar-refractivity contribution is 7.99. The first-order valence-corrected chi connectivity index (χ1v) is 7.72. The molecular weight excluding hydrogens is 272 g/mol. The van der Waals surface area contributed by atoms with Gasteiger partial charge in [0.05, 0.1) is 5.69 Å². The van der Waals surface area contributed by atoms with Gasteiger partial charge in [0.15, 0.2) is 0 Å². The number of thioether (sulfide) groups is 1. The molecule has 0 saturated heterocycles. The molecule has 2 N–H and O–H groups in total. The van der Waals surface area contributed by atoms with Crippen LogP contribution in [0.5, 0.6) is 0 Å². The number of nitrogens with zero attached hydrogens (tertiary/aromatic N) is 2. The van der Waals surface area contributed by atoms with E-state index in [9.17, 15) is 4.79 Å². The minimum absolute atomic E-state index is 0.211. The van der Waals surface area contributed by atoms with Crippen LogP contribution in [0.15, 0.2) is 29.2 Å². The van der Waals surface area contributed by atoms with Gasteiger partial charge in [0, 0.05) is 10.8 Å². The van der Waals surface area contributed by atoms with Gasteiger partial charge in [-0.05, 0) is 30.7 Å². The Bertz CT molecular complexity index is 621. The Hall–Kier alpha value is -1.82. The third-order valence-electron chi connectivity index (χ3n) is 3.10. The molecule has 1 aliphatic carbocycles. The molecule has 2 aromatic rings. The monoisotopic (exact) mass is 288 g/mol. The fourth-order valence-electron chi connectivity index (χ4n) is 1.94. The normalized spacial score (nSPS) is 14.2. The Morgan fingerprint density at radius 1 is 1.45 bits per heavy atom. The van der Waals surface area contributed by atoms with Gasteiger partial charge >= 0.3 is 0 Å². The molecule has 1 aromatic carbocycles. The number of nitrogens with one attached hydrogen (secondary N) is 2. The summed E-state index contributed by atoms with van der Waals surface area (Å²) in [4.78, 5) is 17.5. The summed E-state index contributed by atoms with van der Waals surface area (Å²) in [6.45, 7) is 2.08. The highest BCUT2D eigenvalue weighted by atomic mass is 32.2. The molecule has 0 bridgehead atoms. The van der Waals surface area contributed by atoms with Crippen molar-refractivity contribution in [1.82, 2.24) is 15.2 Å². The van der Waals surface area contributed by atoms with Crippen molar-refractivity contribution >= 4 is 23.4 Å². The van der Waals surface area contributed by atoms with E-state index < -0.39 is 0 Å². The van der Waals surface area contributed by atoms with Gasteiger partial charge in [-0.2, -0.15) is 0 Å². The molecule has 3 rings (SSSR count). The van der Waals surface area contributed by atoms with Gasteiger partial charge in [-0.3, -0.25) is 9.89 Å². The molecule has 1 aromatic heterocycles. The smallest absolute Gasteiger partial charge is 0.295 e. The third kappa shape index (κ3) is 2.85. The number of benzene rings is 1. The average Bonchev–Trinajstić information content (AvgIpc) is 3.19. The van der Waals surface area contributed by atoms with Crippen LogP contribution in [0, 0.1) is 0 Å². The molecule has 0 spiro atoms. The van der Waals surface area contributed by atoms with E-state index in [1.807, 2.05) is 24.3 Å². The molecular formula is C14H16N4OS. The summed E-state index contributed by atoms with van der Waals surface area (Å²) < 4.78 is 0. The molecule has 1 aliphatic rings. The molecule has 1 amide bonds. The second-order valence-corrected chi connectivity index (χ2v) is 6.01. The Balaban J connectivity index is 1.74.